The van der Waals surface area contributed by atoms with Gasteiger partial charge in [0.15, 0.2) is 9.92 Å². The van der Waals surface area contributed by atoms with Crippen LogP contribution in [-0.4, -0.2) is 66.5 Å². The molecule has 0 radical (unpaired) electrons. The number of aromatic amines is 1. The zero-order valence-corrected chi connectivity index (χ0v) is 15.7. The number of nitrogens with zero attached hydrogens (tertiary/aromatic N) is 4. The molecule has 1 aromatic carbocycles. The van der Waals surface area contributed by atoms with Gasteiger partial charge in [-0.25, -0.2) is 21.8 Å². The molecular weight excluding hydrogens is 398 g/mol. The number of nitro groups is 1. The Kier molecular flexibility index (Phi) is 5.28. The largest absolute Gasteiger partial charge is 0.335 e. The van der Waals surface area contributed by atoms with Crippen molar-refractivity contribution in [1.82, 2.24) is 18.6 Å². The monoisotopic (exact) mass is 415 g/mol. The van der Waals surface area contributed by atoms with Gasteiger partial charge in [0.1, 0.15) is 0 Å². The van der Waals surface area contributed by atoms with E-state index in [1.807, 2.05) is 0 Å². The third-order valence-corrected chi connectivity index (χ3v) is 7.95. The highest BCUT2D eigenvalue weighted by molar-refractivity contribution is 7.89. The predicted octanol–water partition coefficient (Wildman–Crippen LogP) is 0.403. The lowest BCUT2D eigenvalue weighted by Gasteiger charge is -2.21. The van der Waals surface area contributed by atoms with Crippen molar-refractivity contribution in [2.45, 2.75) is 16.3 Å². The molecule has 146 valence electrons. The van der Waals surface area contributed by atoms with Gasteiger partial charge in [0.25, 0.3) is 15.7 Å². The van der Waals surface area contributed by atoms with Crippen molar-refractivity contribution in [3.8, 4) is 0 Å². The second kappa shape index (κ2) is 7.34. The lowest BCUT2D eigenvalue weighted by Crippen LogP contribution is -2.37. The van der Waals surface area contributed by atoms with E-state index < -0.39 is 35.6 Å². The molecule has 11 nitrogen and oxygen atoms in total. The summed E-state index contributed by atoms with van der Waals surface area (Å²) in [6.45, 7) is 0.0105. The molecule has 0 bridgehead atoms. The highest BCUT2D eigenvalue weighted by Gasteiger charge is 2.35. The van der Waals surface area contributed by atoms with Crippen molar-refractivity contribution in [3.05, 3.63) is 46.9 Å². The smallest absolute Gasteiger partial charge is 0.289 e. The summed E-state index contributed by atoms with van der Waals surface area (Å²) in [6, 6.07) is 5.10. The van der Waals surface area contributed by atoms with Crippen LogP contribution in [0.4, 0.5) is 5.69 Å². The van der Waals surface area contributed by atoms with Crippen molar-refractivity contribution in [3.63, 3.8) is 0 Å². The quantitative estimate of drug-likeness (QED) is 0.549. The third kappa shape index (κ3) is 3.71. The first-order valence-corrected chi connectivity index (χ1v) is 10.8. The second-order valence-electron chi connectivity index (χ2n) is 5.80. The number of rotatable bonds is 5. The van der Waals surface area contributed by atoms with Crippen LogP contribution in [0.2, 0.25) is 0 Å². The highest BCUT2D eigenvalue weighted by atomic mass is 32.2. The Bertz CT molecular complexity index is 1040. The van der Waals surface area contributed by atoms with E-state index in [4.69, 9.17) is 0 Å². The molecule has 0 saturated carbocycles. The summed E-state index contributed by atoms with van der Waals surface area (Å²) in [5.74, 6) is 0. The standard InChI is InChI=1S/C14H17N5O6S2/c20-19(21)12-4-1-2-5-13(12)26(22,23)17-6-3-7-18(9-8-17)27(24,25)14-10-15-11-16-14/h1-2,4-5,10-11H,3,6-9H2,(H,15,16). The van der Waals surface area contributed by atoms with Crippen LogP contribution >= 0.6 is 0 Å². The first kappa shape index (κ1) is 19.4. The van der Waals surface area contributed by atoms with Crippen LogP contribution in [-0.2, 0) is 20.0 Å². The SMILES string of the molecule is O=[N+]([O-])c1ccccc1S(=O)(=O)N1CCCN(S(=O)(=O)c2cnc[nH]2)CC1. The Labute approximate surface area is 155 Å². The van der Waals surface area contributed by atoms with Gasteiger partial charge in [0, 0.05) is 32.2 Å². The maximum absolute atomic E-state index is 12.9. The Morgan fingerprint density at radius 3 is 2.22 bits per heavy atom. The van der Waals surface area contributed by atoms with E-state index in [9.17, 15) is 26.9 Å². The topological polar surface area (TPSA) is 147 Å². The molecule has 0 aliphatic carbocycles. The molecule has 1 aromatic heterocycles. The highest BCUT2D eigenvalue weighted by Crippen LogP contribution is 2.27. The molecule has 1 aliphatic heterocycles. The number of nitro benzene ring substituents is 1. The number of para-hydroxylation sites is 1. The Morgan fingerprint density at radius 2 is 1.63 bits per heavy atom. The van der Waals surface area contributed by atoms with E-state index in [1.54, 1.807) is 0 Å². The Balaban J connectivity index is 1.85. The van der Waals surface area contributed by atoms with Gasteiger partial charge in [-0.05, 0) is 12.5 Å². The van der Waals surface area contributed by atoms with Gasteiger partial charge >= 0.3 is 0 Å². The summed E-state index contributed by atoms with van der Waals surface area (Å²) in [7, 11) is -7.95. The summed E-state index contributed by atoms with van der Waals surface area (Å²) >= 11 is 0. The molecule has 1 saturated heterocycles. The first-order valence-electron chi connectivity index (χ1n) is 7.96. The molecule has 1 fully saturated rings. The maximum Gasteiger partial charge on any atom is 0.289 e. The number of hydrogen-bond donors (Lipinski definition) is 1. The minimum Gasteiger partial charge on any atom is -0.335 e. The number of hydrogen-bond acceptors (Lipinski definition) is 7. The molecule has 27 heavy (non-hydrogen) atoms. The molecule has 2 aromatic rings. The first-order chi connectivity index (χ1) is 12.7. The van der Waals surface area contributed by atoms with Crippen molar-refractivity contribution >= 4 is 25.7 Å². The molecule has 0 unspecified atom stereocenters. The predicted molar refractivity (Wildman–Crippen MR) is 93.8 cm³/mol. The molecule has 2 heterocycles. The third-order valence-electron chi connectivity index (χ3n) is 4.18. The van der Waals surface area contributed by atoms with Crippen molar-refractivity contribution in [2.24, 2.45) is 0 Å². The fourth-order valence-electron chi connectivity index (χ4n) is 2.84. The average Bonchev–Trinajstić information content (AvgIpc) is 3.06. The Morgan fingerprint density at radius 1 is 1.00 bits per heavy atom. The number of benzene rings is 1. The van der Waals surface area contributed by atoms with E-state index in [2.05, 4.69) is 9.97 Å². The van der Waals surface area contributed by atoms with Crippen molar-refractivity contribution < 1.29 is 21.8 Å². The molecule has 1 N–H and O–H groups in total. The van der Waals surface area contributed by atoms with Gasteiger partial charge in [0.05, 0.1) is 17.4 Å². The van der Waals surface area contributed by atoms with Gasteiger partial charge in [0.2, 0.25) is 10.0 Å². The molecule has 0 spiro atoms. The molecule has 1 aliphatic rings. The number of nitrogens with one attached hydrogen (secondary N) is 1. The zero-order chi connectivity index (χ0) is 19.7. The van der Waals surface area contributed by atoms with Gasteiger partial charge in [-0.3, -0.25) is 10.1 Å². The van der Waals surface area contributed by atoms with Crippen LogP contribution in [0.3, 0.4) is 0 Å². The fourth-order valence-corrected chi connectivity index (χ4v) is 5.83. The minimum absolute atomic E-state index is 0.0589. The summed E-state index contributed by atoms with van der Waals surface area (Å²) in [5.41, 5.74) is -0.510. The Hall–Kier alpha value is -2.35. The summed E-state index contributed by atoms with van der Waals surface area (Å²) in [4.78, 5) is 16.2. The van der Waals surface area contributed by atoms with Gasteiger partial charge < -0.3 is 4.98 Å². The summed E-state index contributed by atoms with van der Waals surface area (Å²) < 4.78 is 53.2. The maximum atomic E-state index is 12.9. The molecular formula is C14H17N5O6S2. The van der Waals surface area contributed by atoms with E-state index in [0.29, 0.717) is 0 Å². The number of aromatic nitrogens is 2. The van der Waals surface area contributed by atoms with E-state index >= 15 is 0 Å². The normalized spacial score (nSPS) is 17.5. The zero-order valence-electron chi connectivity index (χ0n) is 14.1. The van der Waals surface area contributed by atoms with E-state index in [-0.39, 0.29) is 37.6 Å². The summed E-state index contributed by atoms with van der Waals surface area (Å²) in [6.07, 6.45) is 2.69. The fraction of sp³-hybridized carbons (Fsp3) is 0.357. The summed E-state index contributed by atoms with van der Waals surface area (Å²) in [5, 5.41) is 11.1. The lowest BCUT2D eigenvalue weighted by molar-refractivity contribution is -0.387. The van der Waals surface area contributed by atoms with Gasteiger partial charge in [-0.1, -0.05) is 12.1 Å². The van der Waals surface area contributed by atoms with Crippen LogP contribution in [0, 0.1) is 10.1 Å². The molecule has 0 atom stereocenters. The second-order valence-corrected chi connectivity index (χ2v) is 9.62. The van der Waals surface area contributed by atoms with Crippen LogP contribution in [0.25, 0.3) is 0 Å². The molecule has 0 amide bonds. The van der Waals surface area contributed by atoms with Gasteiger partial charge in [-0.2, -0.15) is 8.61 Å². The number of imidazole rings is 1. The van der Waals surface area contributed by atoms with Crippen molar-refractivity contribution in [2.75, 3.05) is 26.2 Å². The number of H-pyrrole nitrogens is 1. The number of sulfonamides is 2. The molecule has 13 heteroatoms. The average molecular weight is 415 g/mol. The van der Waals surface area contributed by atoms with Crippen molar-refractivity contribution in [1.29, 1.82) is 0 Å². The molecule has 3 rings (SSSR count). The van der Waals surface area contributed by atoms with Crippen LogP contribution < -0.4 is 0 Å². The van der Waals surface area contributed by atoms with E-state index in [1.165, 1.54) is 35.0 Å². The van der Waals surface area contributed by atoms with Gasteiger partial charge in [-0.15, -0.1) is 0 Å². The van der Waals surface area contributed by atoms with Crippen LogP contribution in [0.5, 0.6) is 0 Å². The van der Waals surface area contributed by atoms with Crippen LogP contribution in [0.15, 0.2) is 46.7 Å². The van der Waals surface area contributed by atoms with Crippen LogP contribution in [0.1, 0.15) is 6.42 Å². The van der Waals surface area contributed by atoms with E-state index in [0.717, 1.165) is 10.4 Å². The minimum atomic E-state index is -4.13. The lowest BCUT2D eigenvalue weighted by atomic mass is 10.3.